The number of halogens is 2. The maximum absolute atomic E-state index is 12.1. The van der Waals surface area contributed by atoms with Crippen LogP contribution in [0.3, 0.4) is 0 Å². The molecule has 1 heterocycles. The van der Waals surface area contributed by atoms with E-state index in [4.69, 9.17) is 0 Å². The molecule has 0 aromatic carbocycles. The van der Waals surface area contributed by atoms with Gasteiger partial charge in [0.1, 0.15) is 6.33 Å². The van der Waals surface area contributed by atoms with E-state index in [0.717, 1.165) is 18.1 Å². The molecule has 1 unspecified atom stereocenters. The van der Waals surface area contributed by atoms with Crippen molar-refractivity contribution in [3.8, 4) is 0 Å². The first-order valence-corrected chi connectivity index (χ1v) is 4.75. The Kier molecular flexibility index (Phi) is 3.56. The van der Waals surface area contributed by atoms with Gasteiger partial charge in [0.25, 0.3) is 0 Å². The molecule has 0 saturated heterocycles. The van der Waals surface area contributed by atoms with Crippen molar-refractivity contribution in [1.82, 2.24) is 14.8 Å². The van der Waals surface area contributed by atoms with Crippen molar-refractivity contribution in [2.24, 2.45) is 0 Å². The molecule has 0 spiro atoms. The predicted octanol–water partition coefficient (Wildman–Crippen LogP) is 2.01. The van der Waals surface area contributed by atoms with Crippen LogP contribution in [0.25, 0.3) is 0 Å². The highest BCUT2D eigenvalue weighted by Crippen LogP contribution is 2.25. The molecule has 0 fully saturated rings. The largest absolute Gasteiger partial charge is 0.334 e. The predicted molar refractivity (Wildman–Crippen MR) is 48.0 cm³/mol. The fourth-order valence-corrected chi connectivity index (χ4v) is 1.58. The molecule has 0 N–H and O–H groups in total. The van der Waals surface area contributed by atoms with E-state index in [2.05, 4.69) is 10.1 Å². The van der Waals surface area contributed by atoms with Crippen LogP contribution in [-0.4, -0.2) is 19.9 Å². The van der Waals surface area contributed by atoms with Crippen LogP contribution in [-0.2, 0) is 4.79 Å². The molecule has 0 bridgehead atoms. The third-order valence-electron chi connectivity index (χ3n) is 1.43. The van der Waals surface area contributed by atoms with Crippen molar-refractivity contribution in [3.63, 3.8) is 0 Å². The molecule has 0 saturated carbocycles. The summed E-state index contributed by atoms with van der Waals surface area (Å²) < 4.78 is 24.7. The Labute approximate surface area is 83.7 Å². The first kappa shape index (κ1) is 11.1. The molecule has 0 aliphatic heterocycles. The summed E-state index contributed by atoms with van der Waals surface area (Å²) in [6.07, 6.45) is 0.956. The zero-order chi connectivity index (χ0) is 10.7. The average Bonchev–Trinajstić information content (AvgIpc) is 2.50. The molecular formula is C7H9F2N3OS. The molecule has 0 amide bonds. The number of hydrogen-bond donors (Lipinski definition) is 0. The number of nitrogens with zero attached hydrogens (tertiary/aromatic N) is 3. The van der Waals surface area contributed by atoms with Gasteiger partial charge in [-0.3, -0.25) is 4.79 Å². The Bertz CT molecular complexity index is 328. The maximum atomic E-state index is 12.1. The summed E-state index contributed by atoms with van der Waals surface area (Å²) in [5.41, 5.74) is 0. The summed E-state index contributed by atoms with van der Waals surface area (Å²) in [4.78, 5) is 14.4. The highest BCUT2D eigenvalue weighted by atomic mass is 32.2. The second-order valence-electron chi connectivity index (χ2n) is 2.61. The number of aromatic nitrogens is 3. The molecule has 1 aromatic heterocycles. The van der Waals surface area contributed by atoms with E-state index in [-0.39, 0.29) is 16.2 Å². The molecule has 0 aliphatic carbocycles. The van der Waals surface area contributed by atoms with Crippen molar-refractivity contribution in [2.45, 2.75) is 25.6 Å². The normalized spacial score (nSPS) is 13.2. The van der Waals surface area contributed by atoms with Gasteiger partial charge in [-0.15, -0.1) is 0 Å². The van der Waals surface area contributed by atoms with E-state index >= 15 is 0 Å². The monoisotopic (exact) mass is 221 g/mol. The third-order valence-corrected chi connectivity index (χ3v) is 2.33. The van der Waals surface area contributed by atoms with Crippen LogP contribution in [0, 0.1) is 0 Å². The number of hydrogen-bond acceptors (Lipinski definition) is 4. The van der Waals surface area contributed by atoms with Crippen molar-refractivity contribution >= 4 is 16.9 Å². The van der Waals surface area contributed by atoms with E-state index < -0.39 is 6.55 Å². The zero-order valence-electron chi connectivity index (χ0n) is 7.65. The molecule has 4 nitrogen and oxygen atoms in total. The number of carbonyl (C=O) groups excluding carboxylic acids is 1. The van der Waals surface area contributed by atoms with E-state index in [1.165, 1.54) is 6.92 Å². The highest BCUT2D eigenvalue weighted by Gasteiger charge is 2.16. The fraction of sp³-hybridized carbons (Fsp3) is 0.571. The zero-order valence-corrected chi connectivity index (χ0v) is 8.46. The van der Waals surface area contributed by atoms with Gasteiger partial charge in [0.15, 0.2) is 10.9 Å². The van der Waals surface area contributed by atoms with Crippen LogP contribution in [0.1, 0.15) is 31.5 Å². The van der Waals surface area contributed by atoms with Gasteiger partial charge < -0.3 is 0 Å². The first-order valence-electron chi connectivity index (χ1n) is 3.87. The minimum atomic E-state index is -2.69. The molecule has 78 valence electrons. The number of carbonyl (C=O) groups is 1. The lowest BCUT2D eigenvalue weighted by Crippen LogP contribution is -2.01. The highest BCUT2D eigenvalue weighted by molar-refractivity contribution is 8.13. The van der Waals surface area contributed by atoms with E-state index in [1.807, 2.05) is 0 Å². The summed E-state index contributed by atoms with van der Waals surface area (Å²) in [6, 6.07) is 0. The summed E-state index contributed by atoms with van der Waals surface area (Å²) in [5.74, 6) is 0.241. The Balaban J connectivity index is 2.71. The first-order chi connectivity index (χ1) is 6.50. The van der Waals surface area contributed by atoms with Crippen LogP contribution < -0.4 is 0 Å². The quantitative estimate of drug-likeness (QED) is 0.783. The van der Waals surface area contributed by atoms with Crippen molar-refractivity contribution in [3.05, 3.63) is 12.2 Å². The van der Waals surface area contributed by atoms with Crippen LogP contribution in [0.15, 0.2) is 6.33 Å². The Hall–Kier alpha value is -0.980. The molecule has 1 atom stereocenters. The topological polar surface area (TPSA) is 47.8 Å². The molecule has 1 aromatic rings. The van der Waals surface area contributed by atoms with E-state index in [1.54, 1.807) is 6.92 Å². The number of alkyl halides is 2. The molecule has 0 aliphatic rings. The molecule has 1 rings (SSSR count). The summed E-state index contributed by atoms with van der Waals surface area (Å²) >= 11 is 1.01. The lowest BCUT2D eigenvalue weighted by Gasteiger charge is -2.02. The minimum absolute atomic E-state index is 0.0918. The average molecular weight is 221 g/mol. The second-order valence-corrected chi connectivity index (χ2v) is 4.13. The number of thioether (sulfide) groups is 1. The summed E-state index contributed by atoms with van der Waals surface area (Å²) in [5, 5.41) is 3.15. The van der Waals surface area contributed by atoms with Crippen molar-refractivity contribution in [2.75, 3.05) is 0 Å². The second kappa shape index (κ2) is 4.50. The Morgan fingerprint density at radius 1 is 1.64 bits per heavy atom. The molecule has 14 heavy (non-hydrogen) atoms. The molecule has 0 radical (unpaired) electrons. The van der Waals surface area contributed by atoms with Gasteiger partial charge >= 0.3 is 6.55 Å². The van der Waals surface area contributed by atoms with Gasteiger partial charge in [-0.2, -0.15) is 18.6 Å². The SMILES string of the molecule is CC(=O)SC(C)c1ncn(C(F)F)n1. The van der Waals surface area contributed by atoms with Gasteiger partial charge in [0.2, 0.25) is 0 Å². The van der Waals surface area contributed by atoms with Gasteiger partial charge in [0, 0.05) is 6.92 Å². The lowest BCUT2D eigenvalue weighted by molar-refractivity contribution is -0.109. The van der Waals surface area contributed by atoms with Gasteiger partial charge in [0.05, 0.1) is 5.25 Å². The summed E-state index contributed by atoms with van der Waals surface area (Å²) in [7, 11) is 0. The van der Waals surface area contributed by atoms with Crippen LogP contribution in [0.2, 0.25) is 0 Å². The molecule has 7 heteroatoms. The Morgan fingerprint density at radius 2 is 2.29 bits per heavy atom. The van der Waals surface area contributed by atoms with Gasteiger partial charge in [-0.05, 0) is 6.92 Å². The summed E-state index contributed by atoms with van der Waals surface area (Å²) in [6.45, 7) is 0.411. The smallest absolute Gasteiger partial charge is 0.288 e. The van der Waals surface area contributed by atoms with Crippen molar-refractivity contribution < 1.29 is 13.6 Å². The van der Waals surface area contributed by atoms with Gasteiger partial charge in [-0.25, -0.2) is 4.98 Å². The molecular weight excluding hydrogens is 212 g/mol. The van der Waals surface area contributed by atoms with Crippen LogP contribution in [0.5, 0.6) is 0 Å². The Morgan fingerprint density at radius 3 is 2.71 bits per heavy atom. The fourth-order valence-electron chi connectivity index (χ4n) is 0.870. The van der Waals surface area contributed by atoms with Crippen LogP contribution >= 0.6 is 11.8 Å². The lowest BCUT2D eigenvalue weighted by atomic mass is 10.5. The van der Waals surface area contributed by atoms with E-state index in [9.17, 15) is 13.6 Å². The van der Waals surface area contributed by atoms with Crippen molar-refractivity contribution in [1.29, 1.82) is 0 Å². The van der Waals surface area contributed by atoms with Crippen LogP contribution in [0.4, 0.5) is 8.78 Å². The maximum Gasteiger partial charge on any atom is 0.334 e. The van der Waals surface area contributed by atoms with E-state index in [0.29, 0.717) is 4.68 Å². The number of rotatable bonds is 3. The minimum Gasteiger partial charge on any atom is -0.288 e. The third kappa shape index (κ3) is 2.76. The standard InChI is InChI=1S/C7H9F2N3OS/c1-4(14-5(2)13)6-10-3-12(11-6)7(8)9/h3-4,7H,1-2H3. The van der Waals surface area contributed by atoms with Gasteiger partial charge in [-0.1, -0.05) is 11.8 Å².